The molecule has 0 saturated heterocycles. The Labute approximate surface area is 213 Å². The normalized spacial score (nSPS) is 13.0. The van der Waals surface area contributed by atoms with E-state index in [2.05, 4.69) is 33.3 Å². The maximum Gasteiger partial charge on any atom is 0.260 e. The summed E-state index contributed by atoms with van der Waals surface area (Å²) >= 11 is 6.73. The van der Waals surface area contributed by atoms with Crippen LogP contribution in [0.1, 0.15) is 32.4 Å². The average Bonchev–Trinajstić information content (AvgIpc) is 3.36. The van der Waals surface area contributed by atoms with E-state index in [0.717, 1.165) is 40.7 Å². The van der Waals surface area contributed by atoms with Gasteiger partial charge >= 0.3 is 0 Å². The minimum absolute atomic E-state index is 0.114. The molecule has 36 heavy (non-hydrogen) atoms. The number of hydrogen-bond donors (Lipinski definition) is 2. The zero-order valence-electron chi connectivity index (χ0n) is 20.3. The zero-order valence-corrected chi connectivity index (χ0v) is 21.0. The Balaban J connectivity index is 1.60. The first-order valence-corrected chi connectivity index (χ1v) is 12.4. The van der Waals surface area contributed by atoms with Gasteiger partial charge in [0.15, 0.2) is 0 Å². The van der Waals surface area contributed by atoms with Crippen molar-refractivity contribution in [3.8, 4) is 22.3 Å². The Morgan fingerprint density at radius 3 is 2.67 bits per heavy atom. The van der Waals surface area contributed by atoms with Crippen LogP contribution < -0.4 is 21.6 Å². The molecule has 0 spiro atoms. The maximum absolute atomic E-state index is 13.7. The molecule has 4 heterocycles. The van der Waals surface area contributed by atoms with Crippen molar-refractivity contribution in [2.75, 3.05) is 0 Å². The highest BCUT2D eigenvalue weighted by atomic mass is 35.5. The van der Waals surface area contributed by atoms with Gasteiger partial charge in [-0.05, 0) is 49.1 Å². The smallest absolute Gasteiger partial charge is 0.260 e. The van der Waals surface area contributed by atoms with Gasteiger partial charge in [0, 0.05) is 52.1 Å². The quantitative estimate of drug-likeness (QED) is 0.400. The second-order valence-corrected chi connectivity index (χ2v) is 8.99. The molecule has 182 valence electrons. The van der Waals surface area contributed by atoms with Crippen molar-refractivity contribution < 1.29 is 0 Å². The molecule has 0 amide bonds. The minimum atomic E-state index is -0.114. The molecule has 7 nitrogen and oxygen atoms in total. The van der Waals surface area contributed by atoms with E-state index in [4.69, 9.17) is 16.6 Å². The third-order valence-electron chi connectivity index (χ3n) is 6.41. The van der Waals surface area contributed by atoms with Crippen molar-refractivity contribution in [3.05, 3.63) is 104 Å². The van der Waals surface area contributed by atoms with E-state index in [0.29, 0.717) is 34.7 Å². The third-order valence-corrected chi connectivity index (χ3v) is 6.72. The van der Waals surface area contributed by atoms with Crippen molar-refractivity contribution in [1.29, 1.82) is 0 Å². The van der Waals surface area contributed by atoms with Crippen molar-refractivity contribution in [3.63, 3.8) is 0 Å². The van der Waals surface area contributed by atoms with Gasteiger partial charge in [0.1, 0.15) is 11.3 Å². The molecular formula is C28H27ClN6O. The van der Waals surface area contributed by atoms with Crippen molar-refractivity contribution in [2.45, 2.75) is 39.8 Å². The van der Waals surface area contributed by atoms with Gasteiger partial charge in [0.05, 0.1) is 18.6 Å². The summed E-state index contributed by atoms with van der Waals surface area (Å²) in [6.45, 7) is 5.15. The van der Waals surface area contributed by atoms with Gasteiger partial charge in [-0.3, -0.25) is 14.3 Å². The van der Waals surface area contributed by atoms with E-state index in [1.165, 1.54) is 5.57 Å². The number of fused-ring (bicyclic) bond motifs is 1. The van der Waals surface area contributed by atoms with Crippen molar-refractivity contribution in [1.82, 2.24) is 24.8 Å². The molecule has 5 rings (SSSR count). The molecule has 0 radical (unpaired) electrons. The summed E-state index contributed by atoms with van der Waals surface area (Å²) in [5, 5.41) is 4.88. The minimum Gasteiger partial charge on any atom is -0.364 e. The Morgan fingerprint density at radius 2 is 1.97 bits per heavy atom. The number of rotatable bonds is 7. The zero-order chi connectivity index (χ0) is 25.1. The van der Waals surface area contributed by atoms with Crippen LogP contribution in [0.3, 0.4) is 0 Å². The summed E-state index contributed by atoms with van der Waals surface area (Å²) in [5.74, 6) is 0.801. The van der Waals surface area contributed by atoms with E-state index in [1.54, 1.807) is 29.5 Å². The summed E-state index contributed by atoms with van der Waals surface area (Å²) in [7, 11) is 0. The predicted molar refractivity (Wildman–Crippen MR) is 143 cm³/mol. The summed E-state index contributed by atoms with van der Waals surface area (Å²) in [6, 6.07) is 11.6. The summed E-state index contributed by atoms with van der Waals surface area (Å²) in [4.78, 5) is 30.0. The first-order chi connectivity index (χ1) is 17.6. The molecular weight excluding hydrogens is 472 g/mol. The van der Waals surface area contributed by atoms with E-state index in [9.17, 15) is 4.79 Å². The highest BCUT2D eigenvalue weighted by Crippen LogP contribution is 2.30. The maximum atomic E-state index is 13.7. The average molecular weight is 499 g/mol. The van der Waals surface area contributed by atoms with E-state index >= 15 is 0 Å². The van der Waals surface area contributed by atoms with Gasteiger partial charge in [0.2, 0.25) is 0 Å². The molecule has 8 heteroatoms. The molecule has 0 saturated carbocycles. The Morgan fingerprint density at radius 1 is 1.08 bits per heavy atom. The fourth-order valence-corrected chi connectivity index (χ4v) is 4.72. The van der Waals surface area contributed by atoms with Crippen LogP contribution in [0.25, 0.3) is 28.3 Å². The lowest BCUT2D eigenvalue weighted by atomic mass is 10.0. The lowest BCUT2D eigenvalue weighted by Gasteiger charge is -2.12. The van der Waals surface area contributed by atoms with Gasteiger partial charge in [-0.25, -0.2) is 9.98 Å². The fraction of sp³-hybridized carbons (Fsp3) is 0.214. The third kappa shape index (κ3) is 4.62. The molecule has 0 atom stereocenters. The van der Waals surface area contributed by atoms with E-state index < -0.39 is 0 Å². The second-order valence-electron chi connectivity index (χ2n) is 8.58. The molecule has 1 aromatic carbocycles. The van der Waals surface area contributed by atoms with Crippen LogP contribution in [0.15, 0.2) is 82.5 Å². The number of benzene rings is 1. The topological polar surface area (TPSA) is 88.0 Å². The van der Waals surface area contributed by atoms with Crippen LogP contribution in [-0.2, 0) is 13.1 Å². The van der Waals surface area contributed by atoms with Crippen LogP contribution >= 0.6 is 11.6 Å². The number of halogens is 1. The highest BCUT2D eigenvalue weighted by Gasteiger charge is 2.16. The lowest BCUT2D eigenvalue weighted by molar-refractivity contribution is 0.667. The SMILES string of the molecule is CCC1=C(NCc2cnc[nH]2)N=c2c(cc(-c3ccc(-c4cccnc4)cc3Cl)c(=O)n2CC)=CC1. The van der Waals surface area contributed by atoms with E-state index in [1.807, 2.05) is 43.3 Å². The highest BCUT2D eigenvalue weighted by molar-refractivity contribution is 6.33. The Hall–Kier alpha value is -3.97. The first kappa shape index (κ1) is 23.8. The molecule has 2 N–H and O–H groups in total. The number of aromatic amines is 1. The number of aromatic nitrogens is 4. The lowest BCUT2D eigenvalue weighted by Crippen LogP contribution is -2.44. The molecule has 1 aliphatic heterocycles. The predicted octanol–water partition coefficient (Wildman–Crippen LogP) is 4.19. The van der Waals surface area contributed by atoms with Crippen LogP contribution in [0.2, 0.25) is 5.02 Å². The molecule has 0 unspecified atom stereocenters. The van der Waals surface area contributed by atoms with Crippen LogP contribution in [-0.4, -0.2) is 19.5 Å². The standard InChI is InChI=1S/C28H27ClN6O/c1-3-18-7-8-20-12-24(23-10-9-19(13-25(23)29)21-6-5-11-30-14-21)28(36)35(4-2)27(20)34-26(18)32-16-22-15-31-17-33-22/h5-6,8-15,17,32H,3-4,7,16H2,1-2H3,(H,31,33). The summed E-state index contributed by atoms with van der Waals surface area (Å²) in [6.07, 6.45) is 10.7. The van der Waals surface area contributed by atoms with Crippen LogP contribution in [0, 0.1) is 0 Å². The largest absolute Gasteiger partial charge is 0.364 e. The fourth-order valence-electron chi connectivity index (χ4n) is 4.44. The molecule has 0 aliphatic carbocycles. The van der Waals surface area contributed by atoms with Gasteiger partial charge < -0.3 is 10.3 Å². The van der Waals surface area contributed by atoms with Gasteiger partial charge in [0.25, 0.3) is 5.56 Å². The van der Waals surface area contributed by atoms with Gasteiger partial charge in [-0.15, -0.1) is 0 Å². The molecule has 0 fully saturated rings. The first-order valence-electron chi connectivity index (χ1n) is 12.0. The summed E-state index contributed by atoms with van der Waals surface area (Å²) in [5.41, 5.74) is 5.89. The summed E-state index contributed by atoms with van der Waals surface area (Å²) < 4.78 is 1.73. The van der Waals surface area contributed by atoms with E-state index in [-0.39, 0.29) is 5.56 Å². The Bertz CT molecular complexity index is 1600. The van der Waals surface area contributed by atoms with Gasteiger partial charge in [-0.2, -0.15) is 0 Å². The molecule has 0 bridgehead atoms. The number of hydrogen-bond acceptors (Lipinski definition) is 5. The second kappa shape index (κ2) is 10.3. The van der Waals surface area contributed by atoms with Crippen molar-refractivity contribution in [2.24, 2.45) is 4.99 Å². The molecule has 1 aliphatic rings. The number of pyridine rings is 2. The Kier molecular flexibility index (Phi) is 6.82. The number of nitrogens with one attached hydrogen (secondary N) is 2. The number of nitrogens with zero attached hydrogens (tertiary/aromatic N) is 4. The monoisotopic (exact) mass is 498 g/mol. The number of allylic oxidation sites excluding steroid dienone is 1. The van der Waals surface area contributed by atoms with Gasteiger partial charge in [-0.1, -0.05) is 42.8 Å². The van der Waals surface area contributed by atoms with Crippen LogP contribution in [0.5, 0.6) is 0 Å². The van der Waals surface area contributed by atoms with Crippen molar-refractivity contribution >= 4 is 17.7 Å². The molecule has 4 aromatic rings. The van der Waals surface area contributed by atoms with Crippen LogP contribution in [0.4, 0.5) is 0 Å². The molecule has 3 aromatic heterocycles. The number of H-pyrrole nitrogens is 1. The number of imidazole rings is 1.